The average Bonchev–Trinajstić information content (AvgIpc) is 2.50. The van der Waals surface area contributed by atoms with Crippen LogP contribution in [0.2, 0.25) is 0 Å². The van der Waals surface area contributed by atoms with E-state index in [1.165, 1.54) is 44.6 Å². The van der Waals surface area contributed by atoms with Gasteiger partial charge in [-0.2, -0.15) is 11.8 Å². The summed E-state index contributed by atoms with van der Waals surface area (Å²) < 4.78 is 0.445. The number of nitrogens with zero attached hydrogens (tertiary/aromatic N) is 1. The summed E-state index contributed by atoms with van der Waals surface area (Å²) in [6.07, 6.45) is 3.94. The van der Waals surface area contributed by atoms with Crippen LogP contribution < -0.4 is 5.73 Å². The summed E-state index contributed by atoms with van der Waals surface area (Å²) >= 11 is 2.11. The lowest BCUT2D eigenvalue weighted by Gasteiger charge is -2.39. The quantitative estimate of drug-likeness (QED) is 0.783. The normalized spacial score (nSPS) is 37.0. The molecule has 0 aromatic rings. The maximum Gasteiger partial charge on any atom is 0.0231 e. The zero-order chi connectivity index (χ0) is 10.9. The van der Waals surface area contributed by atoms with E-state index in [0.29, 0.717) is 10.8 Å². The Morgan fingerprint density at radius 2 is 2.20 bits per heavy atom. The molecule has 2 aliphatic rings. The van der Waals surface area contributed by atoms with E-state index < -0.39 is 0 Å². The fraction of sp³-hybridized carbons (Fsp3) is 1.00. The molecule has 2 nitrogen and oxygen atoms in total. The molecule has 0 aromatic carbocycles. The van der Waals surface area contributed by atoms with E-state index in [1.807, 2.05) is 0 Å². The minimum absolute atomic E-state index is 0.445. The summed E-state index contributed by atoms with van der Waals surface area (Å²) in [5.74, 6) is 2.05. The molecule has 2 unspecified atom stereocenters. The highest BCUT2D eigenvalue weighted by molar-refractivity contribution is 8.00. The third-order valence-electron chi connectivity index (χ3n) is 3.72. The van der Waals surface area contributed by atoms with E-state index in [9.17, 15) is 0 Å². The van der Waals surface area contributed by atoms with Gasteiger partial charge in [-0.1, -0.05) is 6.42 Å². The molecule has 0 spiro atoms. The van der Waals surface area contributed by atoms with Crippen LogP contribution in [0.5, 0.6) is 0 Å². The number of hydrogen-bond donors (Lipinski definition) is 1. The molecule has 1 aliphatic heterocycles. The molecule has 0 bridgehead atoms. The van der Waals surface area contributed by atoms with Gasteiger partial charge in [-0.15, -0.1) is 0 Å². The topological polar surface area (TPSA) is 29.3 Å². The fourth-order valence-corrected chi connectivity index (χ4v) is 4.07. The second kappa shape index (κ2) is 4.64. The first-order chi connectivity index (χ1) is 7.07. The van der Waals surface area contributed by atoms with Crippen molar-refractivity contribution < 1.29 is 0 Å². The van der Waals surface area contributed by atoms with E-state index in [4.69, 9.17) is 5.73 Å². The molecule has 1 heterocycles. The lowest BCUT2D eigenvalue weighted by molar-refractivity contribution is 0.214. The second-order valence-electron chi connectivity index (χ2n) is 5.70. The van der Waals surface area contributed by atoms with E-state index in [2.05, 4.69) is 30.5 Å². The molecule has 0 radical (unpaired) electrons. The Morgan fingerprint density at radius 3 is 2.80 bits per heavy atom. The molecular formula is C12H24N2S. The number of rotatable bonds is 2. The first kappa shape index (κ1) is 11.7. The van der Waals surface area contributed by atoms with Gasteiger partial charge in [0, 0.05) is 36.2 Å². The fourth-order valence-electron chi connectivity index (χ4n) is 2.89. The maximum absolute atomic E-state index is 6.13. The predicted octanol–water partition coefficient (Wildman–Crippen LogP) is 1.94. The van der Waals surface area contributed by atoms with Crippen LogP contribution in [0.15, 0.2) is 0 Å². The Balaban J connectivity index is 1.83. The molecular weight excluding hydrogens is 204 g/mol. The SMILES string of the molecule is CC1(C)CN(CC2CCCC2N)CCS1. The molecule has 15 heavy (non-hydrogen) atoms. The number of hydrogen-bond acceptors (Lipinski definition) is 3. The number of thioether (sulfide) groups is 1. The third kappa shape index (κ3) is 3.11. The number of nitrogens with two attached hydrogens (primary N) is 1. The van der Waals surface area contributed by atoms with Crippen molar-refractivity contribution in [2.24, 2.45) is 11.7 Å². The van der Waals surface area contributed by atoms with Crippen molar-refractivity contribution in [1.29, 1.82) is 0 Å². The molecule has 2 rings (SSSR count). The van der Waals surface area contributed by atoms with E-state index in [1.54, 1.807) is 0 Å². The molecule has 1 saturated heterocycles. The first-order valence-electron chi connectivity index (χ1n) is 6.19. The lowest BCUT2D eigenvalue weighted by Crippen LogP contribution is -2.46. The predicted molar refractivity (Wildman–Crippen MR) is 68.3 cm³/mol. The van der Waals surface area contributed by atoms with Crippen molar-refractivity contribution in [3.05, 3.63) is 0 Å². The van der Waals surface area contributed by atoms with Crippen molar-refractivity contribution in [3.8, 4) is 0 Å². The van der Waals surface area contributed by atoms with Crippen molar-refractivity contribution in [2.75, 3.05) is 25.4 Å². The van der Waals surface area contributed by atoms with Gasteiger partial charge in [0.1, 0.15) is 0 Å². The van der Waals surface area contributed by atoms with Crippen molar-refractivity contribution in [1.82, 2.24) is 4.90 Å². The third-order valence-corrected chi connectivity index (χ3v) is 5.01. The van der Waals surface area contributed by atoms with Crippen LogP contribution in [-0.4, -0.2) is 41.1 Å². The summed E-state index contributed by atoms with van der Waals surface area (Å²) in [6, 6.07) is 0.475. The van der Waals surface area contributed by atoms with Gasteiger partial charge in [-0.3, -0.25) is 0 Å². The largest absolute Gasteiger partial charge is 0.327 e. The van der Waals surface area contributed by atoms with E-state index >= 15 is 0 Å². The Bertz CT molecular complexity index is 218. The maximum atomic E-state index is 6.13. The molecule has 2 fully saturated rings. The zero-order valence-corrected chi connectivity index (χ0v) is 10.9. The van der Waals surface area contributed by atoms with Crippen LogP contribution >= 0.6 is 11.8 Å². The summed E-state index contributed by atoms with van der Waals surface area (Å²) in [7, 11) is 0. The molecule has 0 amide bonds. The molecule has 88 valence electrons. The second-order valence-corrected chi connectivity index (χ2v) is 7.50. The van der Waals surface area contributed by atoms with Gasteiger partial charge in [-0.05, 0) is 32.6 Å². The molecule has 2 atom stereocenters. The molecule has 0 aromatic heterocycles. The standard InChI is InChI=1S/C12H24N2S/c1-12(2)9-14(6-7-15-12)8-10-4-3-5-11(10)13/h10-11H,3-9,13H2,1-2H3. The van der Waals surface area contributed by atoms with Crippen LogP contribution in [0.4, 0.5) is 0 Å². The zero-order valence-electron chi connectivity index (χ0n) is 10.0. The highest BCUT2D eigenvalue weighted by atomic mass is 32.2. The summed E-state index contributed by atoms with van der Waals surface area (Å²) in [5.41, 5.74) is 6.13. The Kier molecular flexibility index (Phi) is 3.63. The molecule has 1 saturated carbocycles. The van der Waals surface area contributed by atoms with Crippen molar-refractivity contribution >= 4 is 11.8 Å². The smallest absolute Gasteiger partial charge is 0.0231 e. The van der Waals surface area contributed by atoms with Gasteiger partial charge in [-0.25, -0.2) is 0 Å². The van der Waals surface area contributed by atoms with Crippen molar-refractivity contribution in [3.63, 3.8) is 0 Å². The lowest BCUT2D eigenvalue weighted by atomic mass is 10.0. The van der Waals surface area contributed by atoms with Gasteiger partial charge in [0.15, 0.2) is 0 Å². The molecule has 3 heteroatoms. The van der Waals surface area contributed by atoms with Gasteiger partial charge in [0.25, 0.3) is 0 Å². The summed E-state index contributed by atoms with van der Waals surface area (Å²) in [6.45, 7) is 8.46. The highest BCUT2D eigenvalue weighted by Gasteiger charge is 2.31. The van der Waals surface area contributed by atoms with Crippen LogP contribution in [0.1, 0.15) is 33.1 Å². The van der Waals surface area contributed by atoms with E-state index in [0.717, 1.165) is 5.92 Å². The summed E-state index contributed by atoms with van der Waals surface area (Å²) in [4.78, 5) is 2.63. The summed E-state index contributed by atoms with van der Waals surface area (Å²) in [5, 5.41) is 0. The minimum Gasteiger partial charge on any atom is -0.327 e. The van der Waals surface area contributed by atoms with Crippen LogP contribution in [0.3, 0.4) is 0 Å². The van der Waals surface area contributed by atoms with Crippen LogP contribution in [-0.2, 0) is 0 Å². The van der Waals surface area contributed by atoms with Crippen LogP contribution in [0.25, 0.3) is 0 Å². The van der Waals surface area contributed by atoms with Gasteiger partial charge < -0.3 is 10.6 Å². The van der Waals surface area contributed by atoms with Crippen molar-refractivity contribution in [2.45, 2.75) is 43.9 Å². The average molecular weight is 228 g/mol. The van der Waals surface area contributed by atoms with Gasteiger partial charge >= 0.3 is 0 Å². The van der Waals surface area contributed by atoms with Gasteiger partial charge in [0.05, 0.1) is 0 Å². The Labute approximate surface area is 98.0 Å². The minimum atomic E-state index is 0.445. The highest BCUT2D eigenvalue weighted by Crippen LogP contribution is 2.31. The first-order valence-corrected chi connectivity index (χ1v) is 7.17. The Hall–Kier alpha value is 0.270. The van der Waals surface area contributed by atoms with Crippen LogP contribution in [0, 0.1) is 5.92 Å². The van der Waals surface area contributed by atoms with Gasteiger partial charge in [0.2, 0.25) is 0 Å². The monoisotopic (exact) mass is 228 g/mol. The van der Waals surface area contributed by atoms with E-state index in [-0.39, 0.29) is 0 Å². The Morgan fingerprint density at radius 1 is 1.40 bits per heavy atom. The molecule has 2 N–H and O–H groups in total. The molecule has 1 aliphatic carbocycles.